The maximum Gasteiger partial charge on any atom is 0.316 e. The van der Waals surface area contributed by atoms with Crippen molar-refractivity contribution in [1.82, 2.24) is 5.32 Å². The fourth-order valence-electron chi connectivity index (χ4n) is 1.78. The van der Waals surface area contributed by atoms with Crippen molar-refractivity contribution in [2.75, 3.05) is 12.4 Å². The van der Waals surface area contributed by atoms with Gasteiger partial charge in [0.15, 0.2) is 6.61 Å². The molecule has 4 nitrogen and oxygen atoms in total. The van der Waals surface area contributed by atoms with E-state index in [0.717, 1.165) is 16.6 Å². The number of nitrogens with one attached hydrogen (secondary N) is 1. The first-order valence-corrected chi connectivity index (χ1v) is 8.78. The molecule has 1 amide bonds. The zero-order valence-electron chi connectivity index (χ0n) is 12.5. The summed E-state index contributed by atoms with van der Waals surface area (Å²) in [6.07, 6.45) is 0. The highest BCUT2D eigenvalue weighted by molar-refractivity contribution is 8.00. The number of hydrogen-bond donors (Lipinski definition) is 1. The van der Waals surface area contributed by atoms with Crippen LogP contribution in [0.4, 0.5) is 4.39 Å². The summed E-state index contributed by atoms with van der Waals surface area (Å²) < 4.78 is 18.3. The number of hydrogen-bond acceptors (Lipinski definition) is 5. The van der Waals surface area contributed by atoms with Crippen molar-refractivity contribution >= 4 is 35.0 Å². The summed E-state index contributed by atoms with van der Waals surface area (Å²) in [6.45, 7) is 1.52. The van der Waals surface area contributed by atoms with Crippen LogP contribution in [0.3, 0.4) is 0 Å². The maximum atomic E-state index is 13.4. The molecule has 0 saturated heterocycles. The summed E-state index contributed by atoms with van der Waals surface area (Å²) in [7, 11) is 0. The molecule has 122 valence electrons. The number of benzene rings is 1. The lowest BCUT2D eigenvalue weighted by molar-refractivity contribution is -0.146. The minimum atomic E-state index is -0.558. The van der Waals surface area contributed by atoms with E-state index in [1.54, 1.807) is 29.5 Å². The summed E-state index contributed by atoms with van der Waals surface area (Å²) in [4.78, 5) is 24.7. The Kier molecular flexibility index (Phi) is 6.61. The van der Waals surface area contributed by atoms with Gasteiger partial charge in [-0.2, -0.15) is 0 Å². The van der Waals surface area contributed by atoms with Crippen LogP contribution in [-0.2, 0) is 14.3 Å². The minimum absolute atomic E-state index is 0.0469. The summed E-state index contributed by atoms with van der Waals surface area (Å²) in [5, 5.41) is 4.68. The predicted molar refractivity (Wildman–Crippen MR) is 89.0 cm³/mol. The third kappa shape index (κ3) is 5.69. The summed E-state index contributed by atoms with van der Waals surface area (Å²) >= 11 is 2.58. The second-order valence-electron chi connectivity index (χ2n) is 4.68. The normalized spacial score (nSPS) is 11.7. The van der Waals surface area contributed by atoms with Gasteiger partial charge in [0.05, 0.1) is 11.8 Å². The van der Waals surface area contributed by atoms with Crippen LogP contribution >= 0.6 is 23.1 Å². The van der Waals surface area contributed by atoms with Gasteiger partial charge in [0.25, 0.3) is 5.91 Å². The predicted octanol–water partition coefficient (Wildman–Crippen LogP) is 3.40. The zero-order chi connectivity index (χ0) is 16.7. The molecular weight excluding hydrogens is 337 g/mol. The van der Waals surface area contributed by atoms with Gasteiger partial charge < -0.3 is 10.1 Å². The molecule has 0 aliphatic rings. The molecular formula is C16H16FNO3S2. The van der Waals surface area contributed by atoms with E-state index in [4.69, 9.17) is 4.74 Å². The lowest BCUT2D eigenvalue weighted by atomic mass is 10.3. The van der Waals surface area contributed by atoms with Crippen molar-refractivity contribution in [3.8, 4) is 0 Å². The number of thioether (sulfide) groups is 1. The molecule has 23 heavy (non-hydrogen) atoms. The number of amides is 1. The second-order valence-corrected chi connectivity index (χ2v) is 6.68. The molecule has 0 spiro atoms. The van der Waals surface area contributed by atoms with E-state index in [1.807, 2.05) is 24.4 Å². The van der Waals surface area contributed by atoms with E-state index in [0.29, 0.717) is 4.90 Å². The van der Waals surface area contributed by atoms with E-state index < -0.39 is 5.97 Å². The van der Waals surface area contributed by atoms with E-state index in [9.17, 15) is 14.0 Å². The van der Waals surface area contributed by atoms with E-state index >= 15 is 0 Å². The van der Waals surface area contributed by atoms with Gasteiger partial charge in [-0.25, -0.2) is 4.39 Å². The summed E-state index contributed by atoms with van der Waals surface area (Å²) in [5.41, 5.74) is 0. The third-order valence-corrected chi connectivity index (χ3v) is 4.97. The Bertz CT molecular complexity index is 661. The SMILES string of the molecule is C[C@H](NC(=O)COC(=O)CSc1ccccc1F)c1cccs1. The first-order valence-electron chi connectivity index (χ1n) is 6.92. The van der Waals surface area contributed by atoms with Crippen LogP contribution in [0.1, 0.15) is 17.8 Å². The smallest absolute Gasteiger partial charge is 0.316 e. The van der Waals surface area contributed by atoms with Crippen LogP contribution < -0.4 is 5.32 Å². The minimum Gasteiger partial charge on any atom is -0.455 e. The standard InChI is InChI=1S/C16H16FNO3S2/c1-11(13-7-4-8-22-13)18-15(19)9-21-16(20)10-23-14-6-3-2-5-12(14)17/h2-8,11H,9-10H2,1H3,(H,18,19)/t11-/m0/s1. The lowest BCUT2D eigenvalue weighted by Gasteiger charge is -2.12. The maximum absolute atomic E-state index is 13.4. The highest BCUT2D eigenvalue weighted by Crippen LogP contribution is 2.21. The molecule has 0 radical (unpaired) electrons. The molecule has 1 aromatic carbocycles. The topological polar surface area (TPSA) is 55.4 Å². The molecule has 7 heteroatoms. The van der Waals surface area contributed by atoms with Gasteiger partial charge in [0, 0.05) is 9.77 Å². The molecule has 1 heterocycles. The summed E-state index contributed by atoms with van der Waals surface area (Å²) in [5.74, 6) is -1.35. The van der Waals surface area contributed by atoms with Crippen molar-refractivity contribution in [3.05, 3.63) is 52.5 Å². The van der Waals surface area contributed by atoms with Crippen LogP contribution in [0.2, 0.25) is 0 Å². The Balaban J connectivity index is 1.70. The van der Waals surface area contributed by atoms with Crippen LogP contribution in [0.15, 0.2) is 46.7 Å². The Hall–Kier alpha value is -1.86. The van der Waals surface area contributed by atoms with Gasteiger partial charge in [0.2, 0.25) is 0 Å². The van der Waals surface area contributed by atoms with Crippen LogP contribution in [0.5, 0.6) is 0 Å². The molecule has 1 atom stereocenters. The van der Waals surface area contributed by atoms with Crippen molar-refractivity contribution in [2.45, 2.75) is 17.9 Å². The Morgan fingerprint density at radius 3 is 2.78 bits per heavy atom. The molecule has 1 N–H and O–H groups in total. The summed E-state index contributed by atoms with van der Waals surface area (Å²) in [6, 6.07) is 9.88. The van der Waals surface area contributed by atoms with Crippen molar-refractivity contribution in [2.24, 2.45) is 0 Å². The van der Waals surface area contributed by atoms with Gasteiger partial charge in [-0.15, -0.1) is 23.1 Å². The number of ether oxygens (including phenoxy) is 1. The van der Waals surface area contributed by atoms with E-state index in [2.05, 4.69) is 5.32 Å². The number of thiophene rings is 1. The fraction of sp³-hybridized carbons (Fsp3) is 0.250. The average Bonchev–Trinajstić information content (AvgIpc) is 3.06. The fourth-order valence-corrected chi connectivity index (χ4v) is 3.25. The van der Waals surface area contributed by atoms with Crippen molar-refractivity contribution in [1.29, 1.82) is 0 Å². The zero-order valence-corrected chi connectivity index (χ0v) is 14.1. The molecule has 1 aromatic heterocycles. The van der Waals surface area contributed by atoms with Gasteiger partial charge >= 0.3 is 5.97 Å². The quantitative estimate of drug-likeness (QED) is 0.612. The van der Waals surface area contributed by atoms with Gasteiger partial charge in [0.1, 0.15) is 5.82 Å². The number of carbonyl (C=O) groups is 2. The number of halogens is 1. The first-order chi connectivity index (χ1) is 11.1. The number of esters is 1. The first kappa shape index (κ1) is 17.5. The highest BCUT2D eigenvalue weighted by Gasteiger charge is 2.13. The molecule has 2 rings (SSSR count). The molecule has 0 bridgehead atoms. The van der Waals surface area contributed by atoms with Gasteiger partial charge in [-0.05, 0) is 30.5 Å². The Labute approximate surface area is 142 Å². The van der Waals surface area contributed by atoms with E-state index in [-0.39, 0.29) is 30.1 Å². The molecule has 0 aliphatic heterocycles. The third-order valence-electron chi connectivity index (χ3n) is 2.89. The van der Waals surface area contributed by atoms with E-state index in [1.165, 1.54) is 6.07 Å². The monoisotopic (exact) mass is 353 g/mol. The lowest BCUT2D eigenvalue weighted by Crippen LogP contribution is -2.31. The van der Waals surface area contributed by atoms with Crippen molar-refractivity contribution in [3.63, 3.8) is 0 Å². The number of rotatable bonds is 7. The Morgan fingerprint density at radius 1 is 1.30 bits per heavy atom. The van der Waals surface area contributed by atoms with Gasteiger partial charge in [-0.1, -0.05) is 18.2 Å². The largest absolute Gasteiger partial charge is 0.455 e. The highest BCUT2D eigenvalue weighted by atomic mass is 32.2. The molecule has 2 aromatic rings. The molecule has 0 fully saturated rings. The average molecular weight is 353 g/mol. The van der Waals surface area contributed by atoms with Crippen LogP contribution in [0, 0.1) is 5.82 Å². The molecule has 0 unspecified atom stereocenters. The molecule has 0 saturated carbocycles. The van der Waals surface area contributed by atoms with Gasteiger partial charge in [-0.3, -0.25) is 9.59 Å². The number of carbonyl (C=O) groups excluding carboxylic acids is 2. The second kappa shape index (κ2) is 8.69. The van der Waals surface area contributed by atoms with Crippen LogP contribution in [0.25, 0.3) is 0 Å². The Morgan fingerprint density at radius 2 is 2.09 bits per heavy atom. The van der Waals surface area contributed by atoms with Crippen molar-refractivity contribution < 1.29 is 18.7 Å². The van der Waals surface area contributed by atoms with Crippen LogP contribution in [-0.4, -0.2) is 24.2 Å². The molecule has 0 aliphatic carbocycles.